The van der Waals surface area contributed by atoms with E-state index in [1.807, 2.05) is 25.8 Å². The maximum atomic E-state index is 4.28. The second-order valence-electron chi connectivity index (χ2n) is 5.41. The van der Waals surface area contributed by atoms with E-state index in [4.69, 9.17) is 0 Å². The molecule has 2 N–H and O–H groups in total. The highest BCUT2D eigenvalue weighted by molar-refractivity contribution is 8.00. The number of aliphatic imine (C=N–C) groups is 1. The topological polar surface area (TPSA) is 54.2 Å². The van der Waals surface area contributed by atoms with Gasteiger partial charge in [-0.05, 0) is 31.9 Å². The zero-order valence-electron chi connectivity index (χ0n) is 12.4. The van der Waals surface area contributed by atoms with Crippen LogP contribution in [0.25, 0.3) is 0 Å². The van der Waals surface area contributed by atoms with Crippen LogP contribution in [-0.2, 0) is 6.54 Å². The Bertz CT molecular complexity index is 409. The first-order valence-electron chi connectivity index (χ1n) is 7.26. The third kappa shape index (κ3) is 4.74. The van der Waals surface area contributed by atoms with Gasteiger partial charge in [-0.25, -0.2) is 4.98 Å². The molecule has 1 saturated heterocycles. The second kappa shape index (κ2) is 7.57. The maximum absolute atomic E-state index is 4.28. The quantitative estimate of drug-likeness (QED) is 0.477. The molecule has 6 heteroatoms. The monoisotopic (exact) mass is 295 g/mol. The lowest BCUT2D eigenvalue weighted by atomic mass is 10.1. The van der Waals surface area contributed by atoms with Gasteiger partial charge in [-0.1, -0.05) is 0 Å². The summed E-state index contributed by atoms with van der Waals surface area (Å²) < 4.78 is 2.46. The number of nitrogens with one attached hydrogen (secondary N) is 2. The van der Waals surface area contributed by atoms with Crippen molar-refractivity contribution in [1.29, 1.82) is 0 Å². The average molecular weight is 295 g/mol. The summed E-state index contributed by atoms with van der Waals surface area (Å²) in [5.74, 6) is 2.19. The predicted octanol–water partition coefficient (Wildman–Crippen LogP) is 1.72. The van der Waals surface area contributed by atoms with Gasteiger partial charge in [0.25, 0.3) is 0 Å². The zero-order chi connectivity index (χ0) is 14.3. The fraction of sp³-hybridized carbons (Fsp3) is 0.714. The molecule has 0 saturated carbocycles. The Morgan fingerprint density at radius 3 is 3.05 bits per heavy atom. The molecular formula is C14H25N5S. The van der Waals surface area contributed by atoms with E-state index in [0.717, 1.165) is 32.0 Å². The molecule has 1 aromatic rings. The normalized spacial score (nSPS) is 23.0. The van der Waals surface area contributed by atoms with Crippen molar-refractivity contribution in [1.82, 2.24) is 20.2 Å². The largest absolute Gasteiger partial charge is 0.356 e. The molecule has 1 aliphatic heterocycles. The van der Waals surface area contributed by atoms with E-state index in [-0.39, 0.29) is 0 Å². The number of nitrogens with zero attached hydrogens (tertiary/aromatic N) is 3. The molecule has 1 fully saturated rings. The standard InChI is InChI=1S/C14H25N5S/c1-14(5-3-10-20-14)11-18-13(15-2)17-6-4-8-19-9-7-16-12-19/h7,9,12H,3-6,8,10-11H2,1-2H3,(H2,15,17,18). The lowest BCUT2D eigenvalue weighted by Crippen LogP contribution is -2.44. The van der Waals surface area contributed by atoms with Crippen LogP contribution in [0.2, 0.25) is 0 Å². The summed E-state index contributed by atoms with van der Waals surface area (Å²) in [4.78, 5) is 8.32. The number of guanidine groups is 1. The van der Waals surface area contributed by atoms with E-state index in [9.17, 15) is 0 Å². The molecule has 0 amide bonds. The van der Waals surface area contributed by atoms with E-state index in [0.29, 0.717) is 4.75 Å². The predicted molar refractivity (Wildman–Crippen MR) is 86.3 cm³/mol. The number of hydrogen-bond donors (Lipinski definition) is 2. The summed E-state index contributed by atoms with van der Waals surface area (Å²) in [7, 11) is 1.83. The number of hydrogen-bond acceptors (Lipinski definition) is 3. The first-order chi connectivity index (χ1) is 9.72. The smallest absolute Gasteiger partial charge is 0.191 e. The van der Waals surface area contributed by atoms with Crippen molar-refractivity contribution in [3.63, 3.8) is 0 Å². The van der Waals surface area contributed by atoms with Crippen molar-refractivity contribution in [2.45, 2.75) is 37.5 Å². The van der Waals surface area contributed by atoms with Crippen molar-refractivity contribution in [2.24, 2.45) is 4.99 Å². The third-order valence-electron chi connectivity index (χ3n) is 3.60. The van der Waals surface area contributed by atoms with Crippen molar-refractivity contribution < 1.29 is 0 Å². The van der Waals surface area contributed by atoms with Gasteiger partial charge in [0.1, 0.15) is 0 Å². The van der Waals surface area contributed by atoms with Gasteiger partial charge in [-0.15, -0.1) is 0 Å². The van der Waals surface area contributed by atoms with Gasteiger partial charge in [0, 0.05) is 43.8 Å². The van der Waals surface area contributed by atoms with Crippen LogP contribution in [0.4, 0.5) is 0 Å². The summed E-state index contributed by atoms with van der Waals surface area (Å²) in [6, 6.07) is 0. The van der Waals surface area contributed by atoms with E-state index < -0.39 is 0 Å². The number of rotatable bonds is 6. The summed E-state index contributed by atoms with van der Waals surface area (Å²) in [5, 5.41) is 6.81. The van der Waals surface area contributed by atoms with Crippen LogP contribution in [0.3, 0.4) is 0 Å². The van der Waals surface area contributed by atoms with Crippen LogP contribution in [0.15, 0.2) is 23.7 Å². The van der Waals surface area contributed by atoms with Crippen LogP contribution in [0.1, 0.15) is 26.2 Å². The van der Waals surface area contributed by atoms with Crippen LogP contribution in [-0.4, -0.2) is 46.1 Å². The minimum absolute atomic E-state index is 0.369. The van der Waals surface area contributed by atoms with Gasteiger partial charge in [0.2, 0.25) is 0 Å². The summed E-state index contributed by atoms with van der Waals surface area (Å²) in [5.41, 5.74) is 0. The summed E-state index contributed by atoms with van der Waals surface area (Å²) >= 11 is 2.07. The maximum Gasteiger partial charge on any atom is 0.191 e. The van der Waals surface area contributed by atoms with Gasteiger partial charge < -0.3 is 15.2 Å². The highest BCUT2D eigenvalue weighted by Gasteiger charge is 2.29. The molecular weight excluding hydrogens is 270 g/mol. The summed E-state index contributed by atoms with van der Waals surface area (Å²) in [6.45, 7) is 5.22. The minimum Gasteiger partial charge on any atom is -0.356 e. The Morgan fingerprint density at radius 2 is 2.40 bits per heavy atom. The molecule has 0 aliphatic carbocycles. The molecule has 112 valence electrons. The molecule has 0 spiro atoms. The van der Waals surface area contributed by atoms with Gasteiger partial charge in [0.15, 0.2) is 5.96 Å². The van der Waals surface area contributed by atoms with Crippen LogP contribution in [0.5, 0.6) is 0 Å². The lowest BCUT2D eigenvalue weighted by molar-refractivity contribution is 0.579. The number of imidazole rings is 1. The minimum atomic E-state index is 0.369. The zero-order valence-corrected chi connectivity index (χ0v) is 13.2. The molecule has 0 radical (unpaired) electrons. The van der Waals surface area contributed by atoms with Crippen molar-refractivity contribution in [2.75, 3.05) is 25.9 Å². The average Bonchev–Trinajstić information content (AvgIpc) is 3.10. The van der Waals surface area contributed by atoms with Crippen molar-refractivity contribution in [3.8, 4) is 0 Å². The molecule has 1 unspecified atom stereocenters. The second-order valence-corrected chi connectivity index (χ2v) is 7.09. The van der Waals surface area contributed by atoms with E-state index in [1.165, 1.54) is 18.6 Å². The lowest BCUT2D eigenvalue weighted by Gasteiger charge is -2.24. The number of thioether (sulfide) groups is 1. The van der Waals surface area contributed by atoms with Gasteiger partial charge in [0.05, 0.1) is 6.33 Å². The third-order valence-corrected chi connectivity index (χ3v) is 5.14. The highest BCUT2D eigenvalue weighted by Crippen LogP contribution is 2.36. The van der Waals surface area contributed by atoms with E-state index in [1.54, 1.807) is 0 Å². The molecule has 2 heterocycles. The Balaban J connectivity index is 1.62. The molecule has 2 rings (SSSR count). The Labute approximate surface area is 125 Å². The van der Waals surface area contributed by atoms with Gasteiger partial charge in [-0.3, -0.25) is 4.99 Å². The van der Waals surface area contributed by atoms with Crippen LogP contribution < -0.4 is 10.6 Å². The molecule has 1 atom stereocenters. The first-order valence-corrected chi connectivity index (χ1v) is 8.25. The Kier molecular flexibility index (Phi) is 5.76. The molecule has 5 nitrogen and oxygen atoms in total. The molecule has 0 bridgehead atoms. The van der Waals surface area contributed by atoms with Crippen LogP contribution in [0, 0.1) is 0 Å². The summed E-state index contributed by atoms with van der Waals surface area (Å²) in [6.07, 6.45) is 9.34. The van der Waals surface area contributed by atoms with Crippen molar-refractivity contribution >= 4 is 17.7 Å². The highest BCUT2D eigenvalue weighted by atomic mass is 32.2. The first kappa shape index (κ1) is 15.2. The SMILES string of the molecule is CN=C(NCCCn1ccnc1)NCC1(C)CCCS1. The Hall–Kier alpha value is -1.17. The van der Waals surface area contributed by atoms with E-state index in [2.05, 4.69) is 43.9 Å². The number of aryl methyl sites for hydroxylation is 1. The fourth-order valence-corrected chi connectivity index (χ4v) is 3.60. The number of aromatic nitrogens is 2. The molecule has 20 heavy (non-hydrogen) atoms. The molecule has 0 aromatic carbocycles. The van der Waals surface area contributed by atoms with Crippen molar-refractivity contribution in [3.05, 3.63) is 18.7 Å². The Morgan fingerprint density at radius 1 is 1.50 bits per heavy atom. The van der Waals surface area contributed by atoms with E-state index >= 15 is 0 Å². The molecule has 1 aromatic heterocycles. The van der Waals surface area contributed by atoms with Crippen LogP contribution >= 0.6 is 11.8 Å². The van der Waals surface area contributed by atoms with Gasteiger partial charge in [-0.2, -0.15) is 11.8 Å². The molecule has 1 aliphatic rings. The van der Waals surface area contributed by atoms with Gasteiger partial charge >= 0.3 is 0 Å². The fourth-order valence-electron chi connectivity index (χ4n) is 2.36.